The van der Waals surface area contributed by atoms with Crippen molar-refractivity contribution in [2.45, 2.75) is 18.7 Å². The Balaban J connectivity index is 2.13. The van der Waals surface area contributed by atoms with Crippen LogP contribution in [0.4, 0.5) is 5.69 Å². The molecule has 0 aliphatic heterocycles. The summed E-state index contributed by atoms with van der Waals surface area (Å²) in [5, 5.41) is 0.484. The molecule has 0 radical (unpaired) electrons. The third-order valence-corrected chi connectivity index (χ3v) is 6.21. The molecule has 0 saturated heterocycles. The number of sulfonamides is 1. The molecule has 0 atom stereocenters. The highest BCUT2D eigenvalue weighted by molar-refractivity contribution is 7.92. The summed E-state index contributed by atoms with van der Waals surface area (Å²) in [5.74, 6) is 0. The first kappa shape index (κ1) is 17.6. The molecule has 0 saturated carbocycles. The van der Waals surface area contributed by atoms with Crippen LogP contribution in [0.5, 0.6) is 0 Å². The highest BCUT2D eigenvalue weighted by Gasteiger charge is 2.20. The Hall–Kier alpha value is -2.25. The number of anilines is 1. The van der Waals surface area contributed by atoms with E-state index < -0.39 is 10.0 Å². The van der Waals surface area contributed by atoms with E-state index in [9.17, 15) is 13.2 Å². The number of halogens is 1. The van der Waals surface area contributed by atoms with E-state index in [0.717, 1.165) is 5.56 Å². The summed E-state index contributed by atoms with van der Waals surface area (Å²) in [7, 11) is -0.546. The van der Waals surface area contributed by atoms with Gasteiger partial charge in [-0.25, -0.2) is 13.2 Å². The van der Waals surface area contributed by atoms with Gasteiger partial charge in [-0.1, -0.05) is 17.7 Å². The van der Waals surface area contributed by atoms with Gasteiger partial charge in [0.15, 0.2) is 0 Å². The molecular weight excluding hydrogens is 362 g/mol. The summed E-state index contributed by atoms with van der Waals surface area (Å²) in [4.78, 5) is 12.2. The average molecular weight is 380 g/mol. The van der Waals surface area contributed by atoms with E-state index in [2.05, 4.69) is 4.72 Å². The van der Waals surface area contributed by atoms with Gasteiger partial charge in [0, 0.05) is 19.1 Å². The molecule has 0 amide bonds. The van der Waals surface area contributed by atoms with Crippen LogP contribution in [-0.4, -0.2) is 17.6 Å². The third-order valence-electron chi connectivity index (χ3n) is 4.28. The van der Waals surface area contributed by atoms with E-state index in [1.807, 2.05) is 6.92 Å². The molecule has 2 aromatic carbocycles. The zero-order valence-electron chi connectivity index (χ0n) is 14.3. The second-order valence-corrected chi connectivity index (χ2v) is 8.13. The van der Waals surface area contributed by atoms with Crippen LogP contribution in [-0.2, 0) is 24.1 Å². The predicted molar refractivity (Wildman–Crippen MR) is 99.9 cm³/mol. The summed E-state index contributed by atoms with van der Waals surface area (Å²) < 4.78 is 31.1. The first-order chi connectivity index (χ1) is 11.6. The summed E-state index contributed by atoms with van der Waals surface area (Å²) in [6, 6.07) is 8.19. The van der Waals surface area contributed by atoms with E-state index in [1.54, 1.807) is 45.3 Å². The quantitative estimate of drug-likeness (QED) is 0.760. The number of nitrogens with one attached hydrogen (secondary N) is 1. The summed E-state index contributed by atoms with van der Waals surface area (Å²) in [6.07, 6.45) is 0. The molecule has 3 aromatic rings. The second-order valence-electron chi connectivity index (χ2n) is 6.08. The molecule has 0 unspecified atom stereocenters. The number of fused-ring (bicyclic) bond motifs is 1. The minimum absolute atomic E-state index is 0.123. The Bertz CT molecular complexity index is 1160. The van der Waals surface area contributed by atoms with Crippen LogP contribution in [0.1, 0.15) is 11.1 Å². The molecule has 0 fully saturated rings. The van der Waals surface area contributed by atoms with Crippen molar-refractivity contribution < 1.29 is 8.42 Å². The van der Waals surface area contributed by atoms with E-state index >= 15 is 0 Å². The Kier molecular flexibility index (Phi) is 4.17. The van der Waals surface area contributed by atoms with Crippen LogP contribution in [0.15, 0.2) is 40.0 Å². The number of nitrogens with zero attached hydrogens (tertiary/aromatic N) is 2. The first-order valence-corrected chi connectivity index (χ1v) is 9.43. The molecule has 25 heavy (non-hydrogen) atoms. The number of hydrogen-bond acceptors (Lipinski definition) is 3. The maximum atomic E-state index is 12.8. The SMILES string of the molecule is Cc1ccc(NS(=O)(=O)c2cc3c(cc2C)n(C)c(=O)n3C)cc1Cl. The molecule has 0 aliphatic carbocycles. The van der Waals surface area contributed by atoms with Crippen molar-refractivity contribution in [3.8, 4) is 0 Å². The van der Waals surface area contributed by atoms with Crippen LogP contribution in [0.3, 0.4) is 0 Å². The Morgan fingerprint density at radius 2 is 1.56 bits per heavy atom. The lowest BCUT2D eigenvalue weighted by molar-refractivity contribution is 0.600. The van der Waals surface area contributed by atoms with Gasteiger partial charge < -0.3 is 0 Å². The van der Waals surface area contributed by atoms with Crippen molar-refractivity contribution in [2.24, 2.45) is 14.1 Å². The van der Waals surface area contributed by atoms with Crippen LogP contribution in [0, 0.1) is 13.8 Å². The number of hydrogen-bond donors (Lipinski definition) is 1. The molecule has 0 bridgehead atoms. The van der Waals surface area contributed by atoms with Gasteiger partial charge in [-0.15, -0.1) is 0 Å². The monoisotopic (exact) mass is 379 g/mol. The summed E-state index contributed by atoms with van der Waals surface area (Å²) >= 11 is 6.06. The highest BCUT2D eigenvalue weighted by atomic mass is 35.5. The fourth-order valence-corrected chi connectivity index (χ4v) is 4.26. The van der Waals surface area contributed by atoms with E-state index in [0.29, 0.717) is 27.3 Å². The number of aryl methyl sites for hydroxylation is 4. The molecule has 132 valence electrons. The maximum Gasteiger partial charge on any atom is 0.328 e. The van der Waals surface area contributed by atoms with Crippen LogP contribution in [0.2, 0.25) is 5.02 Å². The zero-order valence-corrected chi connectivity index (χ0v) is 15.9. The predicted octanol–water partition coefficient (Wildman–Crippen LogP) is 2.95. The van der Waals surface area contributed by atoms with Gasteiger partial charge in [0.2, 0.25) is 0 Å². The molecule has 1 aromatic heterocycles. The van der Waals surface area contributed by atoms with Crippen LogP contribution >= 0.6 is 11.6 Å². The van der Waals surface area contributed by atoms with Crippen molar-refractivity contribution in [3.63, 3.8) is 0 Å². The van der Waals surface area contributed by atoms with Crippen LogP contribution < -0.4 is 10.4 Å². The minimum atomic E-state index is -3.82. The molecule has 0 aliphatic rings. The standard InChI is InChI=1S/C17H18ClN3O3S/c1-10-5-6-12(8-13(10)18)19-25(23,24)16-9-15-14(7-11(16)2)20(3)17(22)21(15)4/h5-9,19H,1-4H3. The lowest BCUT2D eigenvalue weighted by Crippen LogP contribution is -2.19. The van der Waals surface area contributed by atoms with Crippen molar-refractivity contribution in [3.05, 3.63) is 57.0 Å². The Labute approximate surface area is 150 Å². The van der Waals surface area contributed by atoms with Gasteiger partial charge in [-0.3, -0.25) is 13.9 Å². The lowest BCUT2D eigenvalue weighted by atomic mass is 10.2. The number of rotatable bonds is 3. The molecule has 0 spiro atoms. The van der Waals surface area contributed by atoms with Crippen molar-refractivity contribution >= 4 is 38.3 Å². The minimum Gasteiger partial charge on any atom is -0.295 e. The van der Waals surface area contributed by atoms with Gasteiger partial charge in [0.1, 0.15) is 0 Å². The molecule has 1 heterocycles. The number of imidazole rings is 1. The summed E-state index contributed by atoms with van der Waals surface area (Å²) in [6.45, 7) is 3.54. The average Bonchev–Trinajstić information content (AvgIpc) is 2.74. The molecule has 6 nitrogen and oxygen atoms in total. The van der Waals surface area contributed by atoms with Gasteiger partial charge in [-0.05, 0) is 49.2 Å². The molecule has 8 heteroatoms. The summed E-state index contributed by atoms with van der Waals surface area (Å²) in [5.41, 5.74) is 2.84. The van der Waals surface area contributed by atoms with E-state index in [-0.39, 0.29) is 10.6 Å². The molecule has 1 N–H and O–H groups in total. The highest BCUT2D eigenvalue weighted by Crippen LogP contribution is 2.26. The van der Waals surface area contributed by atoms with Gasteiger partial charge >= 0.3 is 5.69 Å². The van der Waals surface area contributed by atoms with E-state index in [1.165, 1.54) is 15.2 Å². The molecular formula is C17H18ClN3O3S. The smallest absolute Gasteiger partial charge is 0.295 e. The zero-order chi connectivity index (χ0) is 18.5. The van der Waals surface area contributed by atoms with Gasteiger partial charge in [0.25, 0.3) is 10.0 Å². The third kappa shape index (κ3) is 2.94. The van der Waals surface area contributed by atoms with Crippen molar-refractivity contribution in [1.29, 1.82) is 0 Å². The second kappa shape index (κ2) is 5.93. The molecule has 3 rings (SSSR count). The Morgan fingerprint density at radius 3 is 2.16 bits per heavy atom. The van der Waals surface area contributed by atoms with Crippen molar-refractivity contribution in [2.75, 3.05) is 4.72 Å². The largest absolute Gasteiger partial charge is 0.328 e. The topological polar surface area (TPSA) is 73.1 Å². The fourth-order valence-electron chi connectivity index (χ4n) is 2.79. The number of benzene rings is 2. The maximum absolute atomic E-state index is 12.8. The van der Waals surface area contributed by atoms with Gasteiger partial charge in [0.05, 0.1) is 21.6 Å². The van der Waals surface area contributed by atoms with Gasteiger partial charge in [-0.2, -0.15) is 0 Å². The van der Waals surface area contributed by atoms with Crippen molar-refractivity contribution in [1.82, 2.24) is 9.13 Å². The fraction of sp³-hybridized carbons (Fsp3) is 0.235. The van der Waals surface area contributed by atoms with Crippen LogP contribution in [0.25, 0.3) is 11.0 Å². The number of aromatic nitrogens is 2. The lowest BCUT2D eigenvalue weighted by Gasteiger charge is -2.12. The van der Waals surface area contributed by atoms with E-state index in [4.69, 9.17) is 11.6 Å². The normalized spacial score (nSPS) is 11.9. The first-order valence-electron chi connectivity index (χ1n) is 7.57. The Morgan fingerprint density at radius 1 is 0.960 bits per heavy atom.